The Balaban J connectivity index is 2.59. The minimum Gasteiger partial charge on any atom is -0.464 e. The molecule has 0 radical (unpaired) electrons. The lowest BCUT2D eigenvalue weighted by Gasteiger charge is -2.17. The van der Waals surface area contributed by atoms with Crippen molar-refractivity contribution in [3.8, 4) is 0 Å². The Hall–Kier alpha value is -1.45. The summed E-state index contributed by atoms with van der Waals surface area (Å²) in [5, 5.41) is 0. The fraction of sp³-hybridized carbons (Fsp3) is 0.545. The molecule has 0 atom stereocenters. The molecule has 0 spiro atoms. The summed E-state index contributed by atoms with van der Waals surface area (Å²) in [7, 11) is 1.90. The Morgan fingerprint density at radius 1 is 1.53 bits per heavy atom. The van der Waals surface area contributed by atoms with E-state index in [9.17, 15) is 0 Å². The first kappa shape index (κ1) is 11.6. The molecule has 1 aromatic heterocycles. The molecule has 0 fully saturated rings. The minimum absolute atomic E-state index is 0.214. The second-order valence-electron chi connectivity index (χ2n) is 3.95. The molecule has 15 heavy (non-hydrogen) atoms. The van der Waals surface area contributed by atoms with Crippen molar-refractivity contribution in [2.24, 2.45) is 10.7 Å². The molecule has 0 unspecified atom stereocenters. The van der Waals surface area contributed by atoms with Crippen LogP contribution in [0.3, 0.4) is 0 Å². The predicted molar refractivity (Wildman–Crippen MR) is 61.7 cm³/mol. The van der Waals surface area contributed by atoms with Crippen molar-refractivity contribution in [1.29, 1.82) is 0 Å². The first-order valence-electron chi connectivity index (χ1n) is 5.08. The summed E-state index contributed by atoms with van der Waals surface area (Å²) >= 11 is 0. The highest BCUT2D eigenvalue weighted by Gasteiger charge is 2.06. The van der Waals surface area contributed by atoms with Gasteiger partial charge in [-0.1, -0.05) is 0 Å². The van der Waals surface area contributed by atoms with E-state index in [0.717, 1.165) is 11.5 Å². The lowest BCUT2D eigenvalue weighted by atomic mass is 10.4. The third-order valence-electron chi connectivity index (χ3n) is 1.97. The van der Waals surface area contributed by atoms with E-state index in [4.69, 9.17) is 10.2 Å². The van der Waals surface area contributed by atoms with Crippen molar-refractivity contribution in [2.75, 3.05) is 7.05 Å². The van der Waals surface area contributed by atoms with E-state index >= 15 is 0 Å². The van der Waals surface area contributed by atoms with Crippen LogP contribution in [0.4, 0.5) is 0 Å². The maximum absolute atomic E-state index is 5.81. The van der Waals surface area contributed by atoms with Crippen LogP contribution in [-0.2, 0) is 6.54 Å². The van der Waals surface area contributed by atoms with Crippen LogP contribution in [-0.4, -0.2) is 23.9 Å². The van der Waals surface area contributed by atoms with Crippen LogP contribution >= 0.6 is 0 Å². The molecule has 0 saturated heterocycles. The molecular weight excluding hydrogens is 190 g/mol. The molecule has 0 aromatic carbocycles. The van der Waals surface area contributed by atoms with Crippen LogP contribution in [0.2, 0.25) is 0 Å². The van der Waals surface area contributed by atoms with Crippen LogP contribution in [0.25, 0.3) is 0 Å². The van der Waals surface area contributed by atoms with Gasteiger partial charge in [-0.3, -0.25) is 4.99 Å². The maximum atomic E-state index is 5.81. The fourth-order valence-corrected chi connectivity index (χ4v) is 1.25. The highest BCUT2D eigenvalue weighted by atomic mass is 16.3. The normalized spacial score (nSPS) is 12.2. The number of aliphatic imine (C=N–C) groups is 1. The number of furan rings is 1. The quantitative estimate of drug-likeness (QED) is 0.609. The van der Waals surface area contributed by atoms with Gasteiger partial charge in [0.15, 0.2) is 5.96 Å². The first-order valence-corrected chi connectivity index (χ1v) is 5.08. The lowest BCUT2D eigenvalue weighted by Crippen LogP contribution is -2.34. The molecule has 0 aliphatic heterocycles. The molecule has 0 aliphatic rings. The molecule has 84 valence electrons. The van der Waals surface area contributed by atoms with Crippen LogP contribution < -0.4 is 5.73 Å². The Morgan fingerprint density at radius 3 is 2.67 bits per heavy atom. The van der Waals surface area contributed by atoms with Crippen LogP contribution in [0.1, 0.15) is 25.4 Å². The van der Waals surface area contributed by atoms with Crippen molar-refractivity contribution in [3.63, 3.8) is 0 Å². The van der Waals surface area contributed by atoms with Gasteiger partial charge < -0.3 is 15.1 Å². The van der Waals surface area contributed by atoms with Crippen LogP contribution in [0.5, 0.6) is 0 Å². The van der Waals surface area contributed by atoms with E-state index in [1.807, 2.05) is 44.9 Å². The number of rotatable bonds is 3. The van der Waals surface area contributed by atoms with Gasteiger partial charge in [0.1, 0.15) is 11.5 Å². The SMILES string of the molecule is Cc1ccc(CN(C)C(N)=NC(C)C)o1. The summed E-state index contributed by atoms with van der Waals surface area (Å²) in [5.41, 5.74) is 5.81. The number of nitrogens with zero attached hydrogens (tertiary/aromatic N) is 2. The van der Waals surface area contributed by atoms with E-state index in [2.05, 4.69) is 4.99 Å². The van der Waals surface area contributed by atoms with Crippen molar-refractivity contribution in [2.45, 2.75) is 33.4 Å². The van der Waals surface area contributed by atoms with E-state index in [-0.39, 0.29) is 6.04 Å². The molecule has 0 amide bonds. The Labute approximate surface area is 90.8 Å². The van der Waals surface area contributed by atoms with Crippen LogP contribution in [0, 0.1) is 6.92 Å². The smallest absolute Gasteiger partial charge is 0.191 e. The second-order valence-corrected chi connectivity index (χ2v) is 3.95. The van der Waals surface area contributed by atoms with Crippen LogP contribution in [0.15, 0.2) is 21.5 Å². The highest BCUT2D eigenvalue weighted by molar-refractivity contribution is 5.77. The van der Waals surface area contributed by atoms with E-state index in [1.165, 1.54) is 0 Å². The minimum atomic E-state index is 0.214. The Bertz CT molecular complexity index is 341. The molecule has 4 heteroatoms. The monoisotopic (exact) mass is 209 g/mol. The summed E-state index contributed by atoms with van der Waals surface area (Å²) in [6.07, 6.45) is 0. The average molecular weight is 209 g/mol. The van der Waals surface area contributed by atoms with Gasteiger partial charge in [-0.2, -0.15) is 0 Å². The third-order valence-corrected chi connectivity index (χ3v) is 1.97. The molecule has 0 bridgehead atoms. The zero-order valence-corrected chi connectivity index (χ0v) is 9.82. The van der Waals surface area contributed by atoms with Crippen molar-refractivity contribution in [3.05, 3.63) is 23.7 Å². The molecule has 0 aliphatic carbocycles. The van der Waals surface area contributed by atoms with Gasteiger partial charge in [0.25, 0.3) is 0 Å². The van der Waals surface area contributed by atoms with Gasteiger partial charge in [0.2, 0.25) is 0 Å². The molecule has 1 rings (SSSR count). The molecule has 1 heterocycles. The fourth-order valence-electron chi connectivity index (χ4n) is 1.25. The number of hydrogen-bond acceptors (Lipinski definition) is 2. The first-order chi connectivity index (χ1) is 6.99. The summed E-state index contributed by atoms with van der Waals surface area (Å²) in [6.45, 7) is 6.57. The zero-order valence-electron chi connectivity index (χ0n) is 9.82. The molecular formula is C11H19N3O. The number of hydrogen-bond donors (Lipinski definition) is 1. The van der Waals surface area contributed by atoms with Crippen molar-refractivity contribution in [1.82, 2.24) is 4.90 Å². The standard InChI is InChI=1S/C11H19N3O/c1-8(2)13-11(12)14(4)7-10-6-5-9(3)15-10/h5-6,8H,7H2,1-4H3,(H2,12,13). The van der Waals surface area contributed by atoms with E-state index < -0.39 is 0 Å². The largest absolute Gasteiger partial charge is 0.464 e. The summed E-state index contributed by atoms with van der Waals surface area (Å²) in [5.74, 6) is 2.36. The summed E-state index contributed by atoms with van der Waals surface area (Å²) in [4.78, 5) is 6.13. The molecule has 4 nitrogen and oxygen atoms in total. The number of guanidine groups is 1. The van der Waals surface area contributed by atoms with Gasteiger partial charge in [0.05, 0.1) is 6.54 Å². The van der Waals surface area contributed by atoms with Gasteiger partial charge in [-0.25, -0.2) is 0 Å². The molecule has 2 N–H and O–H groups in total. The highest BCUT2D eigenvalue weighted by Crippen LogP contribution is 2.08. The summed E-state index contributed by atoms with van der Waals surface area (Å²) < 4.78 is 5.46. The Kier molecular flexibility index (Phi) is 3.77. The summed E-state index contributed by atoms with van der Waals surface area (Å²) in [6, 6.07) is 4.11. The number of aryl methyl sites for hydroxylation is 1. The predicted octanol–water partition coefficient (Wildman–Crippen LogP) is 1.74. The van der Waals surface area contributed by atoms with Gasteiger partial charge >= 0.3 is 0 Å². The Morgan fingerprint density at radius 2 is 2.20 bits per heavy atom. The van der Waals surface area contributed by atoms with Gasteiger partial charge in [0, 0.05) is 13.1 Å². The van der Waals surface area contributed by atoms with Crippen molar-refractivity contribution < 1.29 is 4.42 Å². The molecule has 0 saturated carbocycles. The maximum Gasteiger partial charge on any atom is 0.191 e. The molecule has 1 aromatic rings. The second kappa shape index (κ2) is 4.87. The van der Waals surface area contributed by atoms with E-state index in [0.29, 0.717) is 12.5 Å². The topological polar surface area (TPSA) is 54.8 Å². The number of nitrogens with two attached hydrogens (primary N) is 1. The third kappa shape index (κ3) is 3.65. The van der Waals surface area contributed by atoms with Crippen molar-refractivity contribution >= 4 is 5.96 Å². The zero-order chi connectivity index (χ0) is 11.4. The van der Waals surface area contributed by atoms with E-state index in [1.54, 1.807) is 0 Å². The van der Waals surface area contributed by atoms with Gasteiger partial charge in [-0.05, 0) is 32.9 Å². The van der Waals surface area contributed by atoms with Gasteiger partial charge in [-0.15, -0.1) is 0 Å². The average Bonchev–Trinajstić information content (AvgIpc) is 2.50. The lowest BCUT2D eigenvalue weighted by molar-refractivity contribution is 0.396.